The highest BCUT2D eigenvalue weighted by atomic mass is 35.5. The standard InChI is InChI=1S/C17H21N3O4S.ClH/c18-10-12-19(11-9-15-5-2-1-3-6-15)25(23,24)14-16-7-4-8-17(13-16)20(21)22;/h1-8,13H,9-12,14,18H2;1H. The third-order valence-corrected chi connectivity index (χ3v) is 5.59. The van der Waals surface area contributed by atoms with Crippen molar-refractivity contribution in [3.8, 4) is 0 Å². The second-order valence-electron chi connectivity index (χ2n) is 5.61. The minimum absolute atomic E-state index is 0. The number of sulfonamides is 1. The Hall–Kier alpha value is -2.00. The monoisotopic (exact) mass is 399 g/mol. The van der Waals surface area contributed by atoms with Gasteiger partial charge in [-0.15, -0.1) is 12.4 Å². The third-order valence-electron chi connectivity index (χ3n) is 3.74. The zero-order valence-corrected chi connectivity index (χ0v) is 15.8. The molecule has 7 nitrogen and oxygen atoms in total. The summed E-state index contributed by atoms with van der Waals surface area (Å²) in [5, 5.41) is 10.8. The third kappa shape index (κ3) is 6.38. The number of nitro groups is 1. The van der Waals surface area contributed by atoms with Crippen LogP contribution in [0.15, 0.2) is 54.6 Å². The van der Waals surface area contributed by atoms with Crippen LogP contribution in [0.3, 0.4) is 0 Å². The summed E-state index contributed by atoms with van der Waals surface area (Å²) in [6, 6.07) is 15.3. The van der Waals surface area contributed by atoms with Gasteiger partial charge in [0.15, 0.2) is 0 Å². The van der Waals surface area contributed by atoms with Crippen LogP contribution in [0.4, 0.5) is 5.69 Å². The summed E-state index contributed by atoms with van der Waals surface area (Å²) in [6.07, 6.45) is 0.578. The number of nitro benzene ring substituents is 1. The molecule has 0 heterocycles. The van der Waals surface area contributed by atoms with Crippen molar-refractivity contribution in [1.29, 1.82) is 0 Å². The molecule has 0 aliphatic carbocycles. The lowest BCUT2D eigenvalue weighted by molar-refractivity contribution is -0.384. The number of non-ortho nitro benzene ring substituents is 1. The number of halogens is 1. The average molecular weight is 400 g/mol. The lowest BCUT2D eigenvalue weighted by Crippen LogP contribution is -2.37. The van der Waals surface area contributed by atoms with Crippen LogP contribution in [-0.2, 0) is 22.2 Å². The van der Waals surface area contributed by atoms with E-state index in [-0.39, 0.29) is 36.9 Å². The number of nitrogens with two attached hydrogens (primary N) is 1. The molecule has 142 valence electrons. The van der Waals surface area contributed by atoms with E-state index in [0.717, 1.165) is 5.56 Å². The Balaban J connectivity index is 0.00000338. The zero-order valence-electron chi connectivity index (χ0n) is 14.2. The van der Waals surface area contributed by atoms with Gasteiger partial charge in [0.2, 0.25) is 10.0 Å². The maximum Gasteiger partial charge on any atom is 0.269 e. The van der Waals surface area contributed by atoms with Crippen molar-refractivity contribution in [2.45, 2.75) is 12.2 Å². The smallest absolute Gasteiger partial charge is 0.269 e. The van der Waals surface area contributed by atoms with Crippen molar-refractivity contribution < 1.29 is 13.3 Å². The van der Waals surface area contributed by atoms with E-state index in [1.165, 1.54) is 22.5 Å². The van der Waals surface area contributed by atoms with Gasteiger partial charge in [0.05, 0.1) is 10.7 Å². The predicted octanol–water partition coefficient (Wildman–Crippen LogP) is 2.35. The van der Waals surface area contributed by atoms with E-state index in [9.17, 15) is 18.5 Å². The summed E-state index contributed by atoms with van der Waals surface area (Å²) in [5.74, 6) is -0.288. The minimum atomic E-state index is -3.62. The molecule has 0 aliphatic rings. The SMILES string of the molecule is Cl.NCCN(CCc1ccccc1)S(=O)(=O)Cc1cccc([N+](=O)[O-])c1. The van der Waals surface area contributed by atoms with Gasteiger partial charge in [0.25, 0.3) is 5.69 Å². The van der Waals surface area contributed by atoms with Gasteiger partial charge in [0, 0.05) is 31.8 Å². The lowest BCUT2D eigenvalue weighted by Gasteiger charge is -2.21. The molecule has 2 rings (SSSR count). The normalized spacial score (nSPS) is 11.2. The first-order valence-electron chi connectivity index (χ1n) is 7.87. The van der Waals surface area contributed by atoms with Gasteiger partial charge in [-0.05, 0) is 17.5 Å². The molecule has 0 unspecified atom stereocenters. The molecule has 2 N–H and O–H groups in total. The van der Waals surface area contributed by atoms with Crippen LogP contribution in [0.5, 0.6) is 0 Å². The molecule has 0 amide bonds. The Morgan fingerprint density at radius 2 is 1.65 bits per heavy atom. The lowest BCUT2D eigenvalue weighted by atomic mass is 10.1. The van der Waals surface area contributed by atoms with Crippen LogP contribution in [0.1, 0.15) is 11.1 Å². The van der Waals surface area contributed by atoms with Crippen LogP contribution in [0.2, 0.25) is 0 Å². The van der Waals surface area contributed by atoms with Crippen molar-refractivity contribution in [3.63, 3.8) is 0 Å². The highest BCUT2D eigenvalue weighted by molar-refractivity contribution is 7.88. The van der Waals surface area contributed by atoms with E-state index in [2.05, 4.69) is 0 Å². The highest BCUT2D eigenvalue weighted by Gasteiger charge is 2.22. The number of hydrogen-bond acceptors (Lipinski definition) is 5. The van der Waals surface area contributed by atoms with E-state index in [0.29, 0.717) is 18.5 Å². The molecular weight excluding hydrogens is 378 g/mol. The summed E-state index contributed by atoms with van der Waals surface area (Å²) in [7, 11) is -3.62. The molecule has 0 aromatic heterocycles. The van der Waals surface area contributed by atoms with Crippen molar-refractivity contribution in [2.75, 3.05) is 19.6 Å². The number of benzene rings is 2. The molecule has 26 heavy (non-hydrogen) atoms. The first-order valence-corrected chi connectivity index (χ1v) is 9.48. The van der Waals surface area contributed by atoms with Gasteiger partial charge >= 0.3 is 0 Å². The summed E-state index contributed by atoms with van der Waals surface area (Å²) >= 11 is 0. The van der Waals surface area contributed by atoms with Crippen molar-refractivity contribution >= 4 is 28.1 Å². The summed E-state index contributed by atoms with van der Waals surface area (Å²) in [4.78, 5) is 10.3. The van der Waals surface area contributed by atoms with E-state index in [1.54, 1.807) is 6.07 Å². The van der Waals surface area contributed by atoms with Gasteiger partial charge in [-0.25, -0.2) is 12.7 Å². The molecule has 0 spiro atoms. The number of rotatable bonds is 9. The largest absolute Gasteiger partial charge is 0.329 e. The first kappa shape index (κ1) is 22.0. The molecule has 0 radical (unpaired) electrons. The Morgan fingerprint density at radius 3 is 2.27 bits per heavy atom. The maximum atomic E-state index is 12.7. The molecule has 0 saturated heterocycles. The van der Waals surface area contributed by atoms with Gasteiger partial charge in [-0.3, -0.25) is 10.1 Å². The number of hydrogen-bond donors (Lipinski definition) is 1. The second kappa shape index (κ2) is 10.2. The Morgan fingerprint density at radius 1 is 1.00 bits per heavy atom. The molecule has 0 atom stereocenters. The first-order chi connectivity index (χ1) is 11.9. The van der Waals surface area contributed by atoms with Gasteiger partial charge in [-0.2, -0.15) is 0 Å². The molecule has 9 heteroatoms. The van der Waals surface area contributed by atoms with Gasteiger partial charge < -0.3 is 5.73 Å². The Bertz CT molecular complexity index is 816. The highest BCUT2D eigenvalue weighted by Crippen LogP contribution is 2.17. The topological polar surface area (TPSA) is 107 Å². The van der Waals surface area contributed by atoms with Crippen molar-refractivity contribution in [1.82, 2.24) is 4.31 Å². The molecule has 2 aromatic carbocycles. The molecule has 0 fully saturated rings. The van der Waals surface area contributed by atoms with Crippen LogP contribution in [0, 0.1) is 10.1 Å². The average Bonchev–Trinajstić information content (AvgIpc) is 2.59. The van der Waals surface area contributed by atoms with Crippen LogP contribution >= 0.6 is 12.4 Å². The van der Waals surface area contributed by atoms with E-state index >= 15 is 0 Å². The van der Waals surface area contributed by atoms with Gasteiger partial charge in [0.1, 0.15) is 0 Å². The minimum Gasteiger partial charge on any atom is -0.329 e. The summed E-state index contributed by atoms with van der Waals surface area (Å²) in [5.41, 5.74) is 6.86. The molecule has 0 bridgehead atoms. The summed E-state index contributed by atoms with van der Waals surface area (Å²) in [6.45, 7) is 0.742. The van der Waals surface area contributed by atoms with E-state index in [1.807, 2.05) is 30.3 Å². The van der Waals surface area contributed by atoms with Crippen molar-refractivity contribution in [3.05, 3.63) is 75.8 Å². The fraction of sp³-hybridized carbons (Fsp3) is 0.294. The van der Waals surface area contributed by atoms with Gasteiger partial charge in [-0.1, -0.05) is 42.5 Å². The second-order valence-corrected chi connectivity index (χ2v) is 7.58. The Labute approximate surface area is 159 Å². The fourth-order valence-corrected chi connectivity index (χ4v) is 4.03. The van der Waals surface area contributed by atoms with Crippen LogP contribution < -0.4 is 5.73 Å². The zero-order chi connectivity index (χ0) is 18.3. The molecular formula is C17H22ClN3O4S. The predicted molar refractivity (Wildman–Crippen MR) is 104 cm³/mol. The molecule has 0 aliphatic heterocycles. The van der Waals surface area contributed by atoms with E-state index < -0.39 is 14.9 Å². The fourth-order valence-electron chi connectivity index (χ4n) is 2.49. The number of nitrogens with zero attached hydrogens (tertiary/aromatic N) is 2. The van der Waals surface area contributed by atoms with Crippen LogP contribution in [-0.4, -0.2) is 37.3 Å². The van der Waals surface area contributed by atoms with E-state index in [4.69, 9.17) is 5.73 Å². The van der Waals surface area contributed by atoms with Crippen molar-refractivity contribution in [2.24, 2.45) is 5.73 Å². The van der Waals surface area contributed by atoms with Crippen LogP contribution in [0.25, 0.3) is 0 Å². The molecule has 2 aromatic rings. The quantitative estimate of drug-likeness (QED) is 0.514. The summed E-state index contributed by atoms with van der Waals surface area (Å²) < 4.78 is 26.7. The molecule has 0 saturated carbocycles. The Kier molecular flexibility index (Phi) is 8.67. The maximum absolute atomic E-state index is 12.7.